The van der Waals surface area contributed by atoms with Gasteiger partial charge in [-0.1, -0.05) is 30.3 Å². The van der Waals surface area contributed by atoms with Crippen LogP contribution >= 0.6 is 0 Å². The van der Waals surface area contributed by atoms with Gasteiger partial charge in [0.1, 0.15) is 11.6 Å². The van der Waals surface area contributed by atoms with Crippen LogP contribution in [-0.2, 0) is 16.6 Å². The molecule has 0 unspecified atom stereocenters. The summed E-state index contributed by atoms with van der Waals surface area (Å²) >= 11 is 0. The number of hydrogen-bond donors (Lipinski definition) is 0. The number of rotatable bonds is 6. The van der Waals surface area contributed by atoms with Crippen LogP contribution in [0.1, 0.15) is 11.1 Å². The van der Waals surface area contributed by atoms with Crippen LogP contribution < -0.4 is 9.04 Å². The van der Waals surface area contributed by atoms with Crippen LogP contribution in [-0.4, -0.2) is 15.5 Å². The van der Waals surface area contributed by atoms with E-state index in [1.807, 2.05) is 31.2 Å². The van der Waals surface area contributed by atoms with E-state index < -0.39 is 15.8 Å². The largest absolute Gasteiger partial charge is 0.497 e. The Hall–Kier alpha value is -2.86. The summed E-state index contributed by atoms with van der Waals surface area (Å²) in [5.41, 5.74) is 2.34. The highest BCUT2D eigenvalue weighted by atomic mass is 32.2. The molecule has 0 aliphatic heterocycles. The minimum absolute atomic E-state index is 0.0281. The standard InChI is InChI=1S/C21H20FNO3S/c1-16-6-3-4-7-17(16)15-23(19-8-5-9-20(14-19)26-2)27(24,25)21-12-10-18(22)11-13-21/h3-14H,15H2,1-2H3. The summed E-state index contributed by atoms with van der Waals surface area (Å²) in [6, 6.07) is 19.3. The zero-order valence-corrected chi connectivity index (χ0v) is 15.9. The number of nitrogens with zero attached hydrogens (tertiary/aromatic N) is 1. The number of sulfonamides is 1. The molecule has 0 saturated carbocycles. The summed E-state index contributed by atoms with van der Waals surface area (Å²) in [4.78, 5) is 0.0281. The number of aryl methyl sites for hydroxylation is 1. The summed E-state index contributed by atoms with van der Waals surface area (Å²) in [5, 5.41) is 0. The molecule has 0 saturated heterocycles. The Bertz CT molecular complexity index is 1030. The van der Waals surface area contributed by atoms with Gasteiger partial charge < -0.3 is 4.74 Å². The van der Waals surface area contributed by atoms with Gasteiger partial charge >= 0.3 is 0 Å². The molecule has 6 heteroatoms. The van der Waals surface area contributed by atoms with Crippen LogP contribution in [0.25, 0.3) is 0 Å². The first-order valence-corrected chi connectivity index (χ1v) is 9.82. The molecule has 3 aromatic carbocycles. The van der Waals surface area contributed by atoms with Gasteiger partial charge in [0.15, 0.2) is 0 Å². The van der Waals surface area contributed by atoms with Crippen molar-refractivity contribution in [2.75, 3.05) is 11.4 Å². The second-order valence-corrected chi connectivity index (χ2v) is 7.96. The highest BCUT2D eigenvalue weighted by molar-refractivity contribution is 7.92. The van der Waals surface area contributed by atoms with Crippen molar-refractivity contribution in [1.82, 2.24) is 0 Å². The molecule has 3 aromatic rings. The Balaban J connectivity index is 2.11. The molecule has 0 bridgehead atoms. The van der Waals surface area contributed by atoms with Gasteiger partial charge in [0, 0.05) is 6.07 Å². The number of ether oxygens (including phenoxy) is 1. The maximum atomic E-state index is 13.3. The quantitative estimate of drug-likeness (QED) is 0.626. The van der Waals surface area contributed by atoms with E-state index in [2.05, 4.69) is 0 Å². The fraction of sp³-hybridized carbons (Fsp3) is 0.143. The SMILES string of the molecule is COc1cccc(N(Cc2ccccc2C)S(=O)(=O)c2ccc(F)cc2)c1. The Labute approximate surface area is 158 Å². The number of hydrogen-bond acceptors (Lipinski definition) is 3. The first-order valence-electron chi connectivity index (χ1n) is 8.38. The van der Waals surface area contributed by atoms with Gasteiger partial charge in [-0.25, -0.2) is 12.8 Å². The van der Waals surface area contributed by atoms with Gasteiger partial charge in [0.25, 0.3) is 10.0 Å². The first kappa shape index (κ1) is 18.9. The van der Waals surface area contributed by atoms with E-state index in [9.17, 15) is 12.8 Å². The van der Waals surface area contributed by atoms with Crippen molar-refractivity contribution >= 4 is 15.7 Å². The third kappa shape index (κ3) is 4.11. The summed E-state index contributed by atoms with van der Waals surface area (Å²) in [5.74, 6) is 0.0670. The Morgan fingerprint density at radius 1 is 0.963 bits per heavy atom. The van der Waals surface area contributed by atoms with Gasteiger partial charge in [-0.15, -0.1) is 0 Å². The van der Waals surface area contributed by atoms with Crippen molar-refractivity contribution in [1.29, 1.82) is 0 Å². The van der Waals surface area contributed by atoms with Crippen LogP contribution in [0.3, 0.4) is 0 Å². The van der Waals surface area contributed by atoms with Gasteiger partial charge in [0.2, 0.25) is 0 Å². The highest BCUT2D eigenvalue weighted by Gasteiger charge is 2.26. The molecule has 27 heavy (non-hydrogen) atoms. The molecular weight excluding hydrogens is 365 g/mol. The molecule has 0 fully saturated rings. The fourth-order valence-corrected chi connectivity index (χ4v) is 4.19. The van der Waals surface area contributed by atoms with Crippen LogP contribution in [0, 0.1) is 12.7 Å². The smallest absolute Gasteiger partial charge is 0.264 e. The number of methoxy groups -OCH3 is 1. The Morgan fingerprint density at radius 2 is 1.67 bits per heavy atom. The third-order valence-electron chi connectivity index (χ3n) is 4.32. The van der Waals surface area contributed by atoms with Gasteiger partial charge in [0.05, 0.1) is 24.2 Å². The second kappa shape index (κ2) is 7.80. The monoisotopic (exact) mass is 385 g/mol. The van der Waals surface area contributed by atoms with Gasteiger partial charge in [-0.2, -0.15) is 0 Å². The summed E-state index contributed by atoms with van der Waals surface area (Å²) in [6.45, 7) is 2.09. The first-order chi connectivity index (χ1) is 12.9. The summed E-state index contributed by atoms with van der Waals surface area (Å²) in [6.07, 6.45) is 0. The number of benzene rings is 3. The number of halogens is 1. The second-order valence-electron chi connectivity index (χ2n) is 6.09. The summed E-state index contributed by atoms with van der Waals surface area (Å²) in [7, 11) is -2.37. The lowest BCUT2D eigenvalue weighted by Gasteiger charge is -2.25. The Kier molecular flexibility index (Phi) is 5.46. The van der Waals surface area contributed by atoms with Crippen molar-refractivity contribution < 1.29 is 17.5 Å². The molecule has 0 heterocycles. The minimum Gasteiger partial charge on any atom is -0.497 e. The van der Waals surface area contributed by atoms with Crippen LogP contribution in [0.5, 0.6) is 5.75 Å². The average molecular weight is 385 g/mol. The van der Waals surface area contributed by atoms with Crippen LogP contribution in [0.2, 0.25) is 0 Å². The molecule has 0 radical (unpaired) electrons. The predicted octanol–water partition coefficient (Wildman–Crippen LogP) is 4.54. The maximum Gasteiger partial charge on any atom is 0.264 e. The molecule has 0 atom stereocenters. The van der Waals surface area contributed by atoms with E-state index in [-0.39, 0.29) is 11.4 Å². The zero-order chi connectivity index (χ0) is 19.4. The van der Waals surface area contributed by atoms with E-state index in [4.69, 9.17) is 4.74 Å². The Morgan fingerprint density at radius 3 is 2.33 bits per heavy atom. The van der Waals surface area contributed by atoms with Gasteiger partial charge in [-0.3, -0.25) is 4.31 Å². The van der Waals surface area contributed by atoms with Crippen molar-refractivity contribution in [3.63, 3.8) is 0 Å². The van der Waals surface area contributed by atoms with E-state index in [0.29, 0.717) is 11.4 Å². The van der Waals surface area contributed by atoms with E-state index in [0.717, 1.165) is 23.3 Å². The minimum atomic E-state index is -3.90. The molecule has 0 aromatic heterocycles. The topological polar surface area (TPSA) is 46.6 Å². The van der Waals surface area contributed by atoms with Crippen LogP contribution in [0.4, 0.5) is 10.1 Å². The molecule has 4 nitrogen and oxygen atoms in total. The summed E-state index contributed by atoms with van der Waals surface area (Å²) < 4.78 is 46.5. The van der Waals surface area contributed by atoms with Crippen molar-refractivity contribution in [2.24, 2.45) is 0 Å². The third-order valence-corrected chi connectivity index (χ3v) is 6.11. The number of anilines is 1. The molecule has 0 spiro atoms. The molecule has 0 N–H and O–H groups in total. The molecule has 3 rings (SSSR count). The van der Waals surface area contributed by atoms with Crippen molar-refractivity contribution in [3.8, 4) is 5.75 Å². The lowest BCUT2D eigenvalue weighted by molar-refractivity contribution is 0.415. The average Bonchev–Trinajstić information content (AvgIpc) is 2.67. The van der Waals surface area contributed by atoms with Crippen LogP contribution in [0.15, 0.2) is 77.7 Å². The van der Waals surface area contributed by atoms with E-state index in [1.165, 1.54) is 23.5 Å². The van der Waals surface area contributed by atoms with Crippen molar-refractivity contribution in [2.45, 2.75) is 18.4 Å². The van der Waals surface area contributed by atoms with Gasteiger partial charge in [-0.05, 0) is 54.4 Å². The zero-order valence-electron chi connectivity index (χ0n) is 15.1. The molecule has 0 aliphatic carbocycles. The predicted molar refractivity (Wildman–Crippen MR) is 104 cm³/mol. The van der Waals surface area contributed by atoms with E-state index >= 15 is 0 Å². The molecule has 0 aliphatic rings. The molecule has 140 valence electrons. The molecular formula is C21H20FNO3S. The molecule has 0 amide bonds. The normalized spacial score (nSPS) is 11.2. The van der Waals surface area contributed by atoms with E-state index in [1.54, 1.807) is 24.3 Å². The fourth-order valence-electron chi connectivity index (χ4n) is 2.76. The lowest BCUT2D eigenvalue weighted by Crippen LogP contribution is -2.31. The van der Waals surface area contributed by atoms with Crippen molar-refractivity contribution in [3.05, 3.63) is 89.7 Å². The highest BCUT2D eigenvalue weighted by Crippen LogP contribution is 2.29. The maximum absolute atomic E-state index is 13.3. The lowest BCUT2D eigenvalue weighted by atomic mass is 10.1.